The average Bonchev–Trinajstić information content (AvgIpc) is 3.89. The van der Waals surface area contributed by atoms with E-state index in [-0.39, 0.29) is 31.8 Å². The maximum Gasteiger partial charge on any atom is 3.00 e. The summed E-state index contributed by atoms with van der Waals surface area (Å²) in [5.41, 5.74) is 13.7. The summed E-state index contributed by atoms with van der Waals surface area (Å²) in [4.78, 5) is 7.04. The van der Waals surface area contributed by atoms with E-state index in [0.717, 1.165) is 61.3 Å². The van der Waals surface area contributed by atoms with E-state index < -0.39 is 20.8 Å². The molecule has 2 aromatic heterocycles. The van der Waals surface area contributed by atoms with Gasteiger partial charge >= 0.3 is 20.1 Å². The summed E-state index contributed by atoms with van der Waals surface area (Å²) < 4.78 is 37.6. The minimum absolute atomic E-state index is 0. The normalized spacial score (nSPS) is 14.9. The summed E-state index contributed by atoms with van der Waals surface area (Å²) in [7, 11) is -1.61. The number of benzene rings is 7. The SMILES string of the molecule is CC(C)c1cccc(C(C)C)c1N1c2c(ccc3ccccc23)[N-]C1c1[c-]ccc2c1oc1cc(-c3ccccc3)ccc12.[2H]C([2H])([2H])c1c[c-]c(-c2cc(C([2H])(C)C)c([Si](C)(C)C)cn2)cc1.[Ir+3]. The molecule has 0 saturated carbocycles. The molecule has 1 aliphatic rings. The third-order valence-corrected chi connectivity index (χ3v) is 14.4. The van der Waals surface area contributed by atoms with Gasteiger partial charge in [-0.25, -0.2) is 0 Å². The molecule has 0 amide bonds. The molecule has 3 heterocycles. The van der Waals surface area contributed by atoms with Gasteiger partial charge < -0.3 is 19.6 Å². The van der Waals surface area contributed by atoms with Crippen molar-refractivity contribution < 1.29 is 30.0 Å². The van der Waals surface area contributed by atoms with Crippen LogP contribution < -0.4 is 10.1 Å². The van der Waals surface area contributed by atoms with Crippen LogP contribution in [-0.4, -0.2) is 13.1 Å². The molecule has 0 fully saturated rings. The Bertz CT molecular complexity index is 3270. The molecule has 9 aromatic rings. The first kappa shape index (κ1) is 40.7. The zero-order chi connectivity index (χ0) is 48.3. The van der Waals surface area contributed by atoms with Gasteiger partial charge in [-0.1, -0.05) is 182 Å². The van der Waals surface area contributed by atoms with Gasteiger partial charge in [-0.3, -0.25) is 0 Å². The number of para-hydroxylation sites is 1. The fourth-order valence-electron chi connectivity index (χ4n) is 9.09. The first-order valence-corrected chi connectivity index (χ1v) is 25.9. The largest absolute Gasteiger partial charge is 3.00 e. The fraction of sp³-hybridized carbons (Fsp3) is 0.237. The van der Waals surface area contributed by atoms with Crippen LogP contribution in [0.15, 0.2) is 150 Å². The third-order valence-electron chi connectivity index (χ3n) is 12.4. The molecule has 4 nitrogen and oxygen atoms in total. The number of aryl methyl sites for hydroxylation is 1. The molecule has 328 valence electrons. The van der Waals surface area contributed by atoms with Gasteiger partial charge in [0.2, 0.25) is 0 Å². The molecule has 0 radical (unpaired) electrons. The topological polar surface area (TPSA) is 43.4 Å². The second-order valence-corrected chi connectivity index (χ2v) is 23.8. The second-order valence-electron chi connectivity index (χ2n) is 18.8. The van der Waals surface area contributed by atoms with Crippen LogP contribution in [0.2, 0.25) is 19.6 Å². The Morgan fingerprint density at radius 2 is 1.45 bits per heavy atom. The van der Waals surface area contributed by atoms with Crippen molar-refractivity contribution in [1.82, 2.24) is 4.98 Å². The summed E-state index contributed by atoms with van der Waals surface area (Å²) in [5, 5.41) is 11.2. The van der Waals surface area contributed by atoms with Crippen LogP contribution in [0.25, 0.3) is 60.4 Å². The van der Waals surface area contributed by atoms with Crippen LogP contribution in [-0.2, 0) is 20.1 Å². The number of furan rings is 1. The van der Waals surface area contributed by atoms with E-state index in [1.165, 1.54) is 44.4 Å². The number of nitrogens with zero attached hydrogens (tertiary/aromatic N) is 3. The number of hydrogen-bond acceptors (Lipinski definition) is 3. The summed E-state index contributed by atoms with van der Waals surface area (Å²) in [6.07, 6.45) is 1.56. The van der Waals surface area contributed by atoms with Crippen LogP contribution >= 0.6 is 0 Å². The van der Waals surface area contributed by atoms with Crippen molar-refractivity contribution in [2.24, 2.45) is 0 Å². The minimum atomic E-state index is -2.13. The van der Waals surface area contributed by atoms with Crippen molar-refractivity contribution in [1.29, 1.82) is 0 Å². The molecule has 0 N–H and O–H groups in total. The maximum absolute atomic E-state index is 8.48. The van der Waals surface area contributed by atoms with Gasteiger partial charge in [0.15, 0.2) is 0 Å². The number of aromatic nitrogens is 1. The van der Waals surface area contributed by atoms with Crippen molar-refractivity contribution in [3.05, 3.63) is 191 Å². The quantitative estimate of drug-likeness (QED) is 0.113. The van der Waals surface area contributed by atoms with Gasteiger partial charge in [0.1, 0.15) is 5.58 Å². The zero-order valence-electron chi connectivity index (χ0n) is 42.7. The molecule has 6 heteroatoms. The molecule has 1 atom stereocenters. The molecule has 10 rings (SSSR count). The van der Waals surface area contributed by atoms with Crippen molar-refractivity contribution in [2.45, 2.75) is 91.9 Å². The smallest absolute Gasteiger partial charge is 0.661 e. The number of hydrogen-bond donors (Lipinski definition) is 0. The van der Waals surface area contributed by atoms with E-state index in [4.69, 9.17) is 15.2 Å². The summed E-state index contributed by atoms with van der Waals surface area (Å²) >= 11 is 0. The van der Waals surface area contributed by atoms with Crippen LogP contribution in [0.1, 0.15) is 98.7 Å². The Kier molecular flexibility index (Phi) is 11.6. The predicted molar refractivity (Wildman–Crippen MR) is 275 cm³/mol. The predicted octanol–water partition coefficient (Wildman–Crippen LogP) is 16.8. The molecular weight excluding hydrogens is 987 g/mol. The minimum Gasteiger partial charge on any atom is -0.661 e. The summed E-state index contributed by atoms with van der Waals surface area (Å²) in [5.74, 6) is -0.0390. The second kappa shape index (κ2) is 18.6. The van der Waals surface area contributed by atoms with E-state index in [1.807, 2.05) is 38.2 Å². The standard InChI is InChI=1S/C41H34N2O.C18H24NSi.Ir/c1-25(2)30-16-10-17-31(26(3)4)38(30)43-39-32-15-9-8-14-28(32)21-23-36(39)42-41(43)35-19-11-18-34-33-22-20-29(24-37(33)44-40(34)35)27-12-6-5-7-13-27;1-13(2)16-11-17(15-9-7-14(3)8-10-15)19-12-18(16)20(4,5)6;/h5-18,20-26,41H,1-4H3;7-9,11-13H,1-6H3;/q-2;-1;+3/i;3D3,13D;. The first-order valence-electron chi connectivity index (χ1n) is 24.4. The third kappa shape index (κ3) is 8.85. The van der Waals surface area contributed by atoms with E-state index in [1.54, 1.807) is 12.1 Å². The summed E-state index contributed by atoms with van der Waals surface area (Å²) in [6, 6.07) is 54.3. The molecular formula is C59H58IrN3OSi. The van der Waals surface area contributed by atoms with Crippen molar-refractivity contribution >= 4 is 63.0 Å². The van der Waals surface area contributed by atoms with Crippen LogP contribution in [0, 0.1) is 19.0 Å². The van der Waals surface area contributed by atoms with Crippen molar-refractivity contribution in [3.8, 4) is 22.4 Å². The van der Waals surface area contributed by atoms with Crippen LogP contribution in [0.3, 0.4) is 0 Å². The summed E-state index contributed by atoms with van der Waals surface area (Å²) in [6.45, 7) is 17.5. The van der Waals surface area contributed by atoms with Gasteiger partial charge in [0, 0.05) is 39.4 Å². The Labute approximate surface area is 406 Å². The van der Waals surface area contributed by atoms with Gasteiger partial charge in [-0.2, -0.15) is 18.2 Å². The Hall–Kier alpha value is -5.78. The monoisotopic (exact) mass is 1050 g/mol. The van der Waals surface area contributed by atoms with Gasteiger partial charge in [0.25, 0.3) is 0 Å². The zero-order valence-corrected chi connectivity index (χ0v) is 42.1. The number of fused-ring (bicyclic) bond motifs is 6. The van der Waals surface area contributed by atoms with E-state index in [2.05, 4.69) is 172 Å². The van der Waals surface area contributed by atoms with Crippen LogP contribution in [0.5, 0.6) is 0 Å². The Morgan fingerprint density at radius 3 is 2.12 bits per heavy atom. The molecule has 0 spiro atoms. The van der Waals surface area contributed by atoms with Crippen LogP contribution in [0.4, 0.5) is 17.1 Å². The fourth-order valence-corrected chi connectivity index (χ4v) is 10.7. The van der Waals surface area contributed by atoms with E-state index >= 15 is 0 Å². The van der Waals surface area contributed by atoms with Gasteiger partial charge in [-0.05, 0) is 68.5 Å². The van der Waals surface area contributed by atoms with Gasteiger partial charge in [-0.15, -0.1) is 46.6 Å². The molecule has 0 aliphatic carbocycles. The number of pyridine rings is 1. The molecule has 1 unspecified atom stereocenters. The van der Waals surface area contributed by atoms with E-state index in [9.17, 15) is 0 Å². The molecule has 0 saturated heterocycles. The average molecular weight is 1050 g/mol. The Morgan fingerprint density at radius 1 is 0.708 bits per heavy atom. The number of anilines is 2. The van der Waals surface area contributed by atoms with Crippen molar-refractivity contribution in [2.75, 3.05) is 4.90 Å². The molecule has 0 bridgehead atoms. The Balaban J connectivity index is 0.000000219. The number of rotatable bonds is 8. The maximum atomic E-state index is 8.48. The molecule has 7 aromatic carbocycles. The molecule has 65 heavy (non-hydrogen) atoms. The van der Waals surface area contributed by atoms with E-state index in [0.29, 0.717) is 11.8 Å². The van der Waals surface area contributed by atoms with Crippen molar-refractivity contribution in [3.63, 3.8) is 0 Å². The molecule has 1 aliphatic heterocycles. The van der Waals surface area contributed by atoms with Gasteiger partial charge in [0.05, 0.1) is 8.07 Å². The first-order chi connectivity index (χ1) is 32.3.